The predicted octanol–water partition coefficient (Wildman–Crippen LogP) is 5.33. The summed E-state index contributed by atoms with van der Waals surface area (Å²) < 4.78 is 16.5. The molecule has 0 N–H and O–H groups in total. The molecule has 0 aromatic heterocycles. The summed E-state index contributed by atoms with van der Waals surface area (Å²) >= 11 is 0. The highest BCUT2D eigenvalue weighted by Gasteiger charge is 2.39. The van der Waals surface area contributed by atoms with Gasteiger partial charge in [0.25, 0.3) is 0 Å². The van der Waals surface area contributed by atoms with Crippen LogP contribution in [0.5, 0.6) is 17.2 Å². The number of ether oxygens (including phenoxy) is 3. The number of hydrogen-bond acceptors (Lipinski definition) is 3. The van der Waals surface area contributed by atoms with Gasteiger partial charge in [0, 0.05) is 0 Å². The highest BCUT2D eigenvalue weighted by atomic mass is 16.5. The molecule has 0 aliphatic heterocycles. The standard InChI is InChI=1S/C23H28O3/c1-24-17-10-8-15(9-11-17)20-12-16-13-22(25-2)23(26-3)14-21(16)19-7-5-4-6-18(19)20/h8-11,13-14,18-20H,4-7,12H2,1-3H3. The van der Waals surface area contributed by atoms with Gasteiger partial charge in [0.15, 0.2) is 11.5 Å². The summed E-state index contributed by atoms with van der Waals surface area (Å²) in [6.07, 6.45) is 6.33. The molecule has 3 nitrogen and oxygen atoms in total. The minimum Gasteiger partial charge on any atom is -0.497 e. The Morgan fingerprint density at radius 2 is 1.46 bits per heavy atom. The summed E-state index contributed by atoms with van der Waals surface area (Å²) in [6.45, 7) is 0. The van der Waals surface area contributed by atoms with Crippen molar-refractivity contribution >= 4 is 0 Å². The maximum absolute atomic E-state index is 5.58. The van der Waals surface area contributed by atoms with Gasteiger partial charge in [-0.3, -0.25) is 0 Å². The van der Waals surface area contributed by atoms with Gasteiger partial charge < -0.3 is 14.2 Å². The molecule has 0 saturated heterocycles. The lowest BCUT2D eigenvalue weighted by molar-refractivity contribution is 0.241. The Bertz CT molecular complexity index is 766. The van der Waals surface area contributed by atoms with Gasteiger partial charge in [-0.25, -0.2) is 0 Å². The lowest BCUT2D eigenvalue weighted by Crippen LogP contribution is -2.31. The topological polar surface area (TPSA) is 27.7 Å². The van der Waals surface area contributed by atoms with Crippen molar-refractivity contribution in [1.82, 2.24) is 0 Å². The van der Waals surface area contributed by atoms with Gasteiger partial charge in [0.1, 0.15) is 5.75 Å². The molecule has 26 heavy (non-hydrogen) atoms. The molecule has 0 spiro atoms. The van der Waals surface area contributed by atoms with E-state index in [2.05, 4.69) is 36.4 Å². The van der Waals surface area contributed by atoms with Crippen LogP contribution >= 0.6 is 0 Å². The van der Waals surface area contributed by atoms with Crippen LogP contribution in [-0.4, -0.2) is 21.3 Å². The number of benzene rings is 2. The van der Waals surface area contributed by atoms with E-state index in [1.165, 1.54) is 42.4 Å². The molecule has 2 aromatic carbocycles. The normalized spacial score (nSPS) is 24.3. The van der Waals surface area contributed by atoms with Gasteiger partial charge in [-0.1, -0.05) is 25.0 Å². The summed E-state index contributed by atoms with van der Waals surface area (Å²) in [7, 11) is 5.17. The SMILES string of the molecule is COc1ccc(C2Cc3cc(OC)c(OC)cc3C3CCCCC23)cc1. The van der Waals surface area contributed by atoms with Gasteiger partial charge in [-0.05, 0) is 78.0 Å². The average Bonchev–Trinajstić information content (AvgIpc) is 2.72. The van der Waals surface area contributed by atoms with Crippen LogP contribution in [0, 0.1) is 5.92 Å². The van der Waals surface area contributed by atoms with Crippen molar-refractivity contribution in [2.45, 2.75) is 43.9 Å². The van der Waals surface area contributed by atoms with E-state index in [-0.39, 0.29) is 0 Å². The molecule has 3 heteroatoms. The first-order valence-electron chi connectivity index (χ1n) is 9.64. The number of hydrogen-bond donors (Lipinski definition) is 0. The van der Waals surface area contributed by atoms with Gasteiger partial charge in [-0.2, -0.15) is 0 Å². The first kappa shape index (κ1) is 17.3. The van der Waals surface area contributed by atoms with Gasteiger partial charge in [0.05, 0.1) is 21.3 Å². The minimum absolute atomic E-state index is 0.566. The lowest BCUT2D eigenvalue weighted by Gasteiger charge is -2.43. The minimum atomic E-state index is 0.566. The molecule has 2 aliphatic carbocycles. The smallest absolute Gasteiger partial charge is 0.161 e. The molecule has 3 atom stereocenters. The van der Waals surface area contributed by atoms with Gasteiger partial charge in [0.2, 0.25) is 0 Å². The summed E-state index contributed by atoms with van der Waals surface area (Å²) in [5, 5.41) is 0. The second kappa shape index (κ2) is 7.22. The van der Waals surface area contributed by atoms with Crippen LogP contribution < -0.4 is 14.2 Å². The van der Waals surface area contributed by atoms with Crippen LogP contribution in [0.15, 0.2) is 36.4 Å². The van der Waals surface area contributed by atoms with Crippen LogP contribution in [0.1, 0.15) is 54.2 Å². The highest BCUT2D eigenvalue weighted by Crippen LogP contribution is 2.53. The molecule has 0 bridgehead atoms. The second-order valence-corrected chi connectivity index (χ2v) is 7.54. The van der Waals surface area contributed by atoms with Crippen LogP contribution in [-0.2, 0) is 6.42 Å². The Kier molecular flexibility index (Phi) is 4.80. The third-order valence-corrected chi connectivity index (χ3v) is 6.36. The van der Waals surface area contributed by atoms with Crippen LogP contribution in [0.25, 0.3) is 0 Å². The van der Waals surface area contributed by atoms with Crippen molar-refractivity contribution in [2.24, 2.45) is 5.92 Å². The number of methoxy groups -OCH3 is 3. The molecule has 138 valence electrons. The van der Waals surface area contributed by atoms with Crippen LogP contribution in [0.2, 0.25) is 0 Å². The third-order valence-electron chi connectivity index (χ3n) is 6.36. The molecular formula is C23H28O3. The lowest BCUT2D eigenvalue weighted by atomic mass is 9.61. The van der Waals surface area contributed by atoms with E-state index in [4.69, 9.17) is 14.2 Å². The van der Waals surface area contributed by atoms with Crippen molar-refractivity contribution in [3.05, 3.63) is 53.1 Å². The fourth-order valence-electron chi connectivity index (χ4n) is 5.09. The largest absolute Gasteiger partial charge is 0.497 e. The van der Waals surface area contributed by atoms with E-state index in [1.807, 2.05) is 0 Å². The van der Waals surface area contributed by atoms with Crippen molar-refractivity contribution < 1.29 is 14.2 Å². The maximum Gasteiger partial charge on any atom is 0.161 e. The molecule has 0 amide bonds. The Balaban J connectivity index is 1.76. The van der Waals surface area contributed by atoms with Gasteiger partial charge in [-0.15, -0.1) is 0 Å². The summed E-state index contributed by atoms with van der Waals surface area (Å²) in [6, 6.07) is 13.1. The number of rotatable bonds is 4. The summed E-state index contributed by atoms with van der Waals surface area (Å²) in [5.41, 5.74) is 4.34. The van der Waals surface area contributed by atoms with E-state index in [9.17, 15) is 0 Å². The van der Waals surface area contributed by atoms with Crippen LogP contribution in [0.3, 0.4) is 0 Å². The number of fused-ring (bicyclic) bond motifs is 3. The average molecular weight is 352 g/mol. The zero-order chi connectivity index (χ0) is 18.1. The molecule has 4 rings (SSSR count). The first-order valence-corrected chi connectivity index (χ1v) is 9.64. The van der Waals surface area contributed by atoms with E-state index < -0.39 is 0 Å². The molecular weight excluding hydrogens is 324 g/mol. The van der Waals surface area contributed by atoms with E-state index in [1.54, 1.807) is 21.3 Å². The monoisotopic (exact) mass is 352 g/mol. The molecule has 1 saturated carbocycles. The van der Waals surface area contributed by atoms with Crippen molar-refractivity contribution in [3.8, 4) is 17.2 Å². The quantitative estimate of drug-likeness (QED) is 0.745. The zero-order valence-electron chi connectivity index (χ0n) is 16.0. The highest BCUT2D eigenvalue weighted by molar-refractivity contribution is 5.51. The molecule has 3 unspecified atom stereocenters. The second-order valence-electron chi connectivity index (χ2n) is 7.54. The fraction of sp³-hybridized carbons (Fsp3) is 0.478. The van der Waals surface area contributed by atoms with Crippen molar-refractivity contribution in [2.75, 3.05) is 21.3 Å². The zero-order valence-corrected chi connectivity index (χ0v) is 16.0. The van der Waals surface area contributed by atoms with Crippen LogP contribution in [0.4, 0.5) is 0 Å². The maximum atomic E-state index is 5.58. The molecule has 1 fully saturated rings. The molecule has 0 heterocycles. The van der Waals surface area contributed by atoms with Crippen molar-refractivity contribution in [3.63, 3.8) is 0 Å². The fourth-order valence-corrected chi connectivity index (χ4v) is 5.09. The van der Waals surface area contributed by atoms with E-state index >= 15 is 0 Å². The molecule has 2 aliphatic rings. The van der Waals surface area contributed by atoms with Crippen molar-refractivity contribution in [1.29, 1.82) is 0 Å². The van der Waals surface area contributed by atoms with E-state index in [0.717, 1.165) is 23.7 Å². The Hall–Kier alpha value is -2.16. The molecule has 0 radical (unpaired) electrons. The first-order chi connectivity index (χ1) is 12.7. The third kappa shape index (κ3) is 2.94. The Morgan fingerprint density at radius 1 is 0.769 bits per heavy atom. The molecule has 2 aromatic rings. The summed E-state index contributed by atoms with van der Waals surface area (Å²) in [5.74, 6) is 4.53. The summed E-state index contributed by atoms with van der Waals surface area (Å²) in [4.78, 5) is 0. The Morgan fingerprint density at radius 3 is 2.15 bits per heavy atom. The van der Waals surface area contributed by atoms with Gasteiger partial charge >= 0.3 is 0 Å². The Labute approximate surface area is 156 Å². The predicted molar refractivity (Wildman–Crippen MR) is 104 cm³/mol. The van der Waals surface area contributed by atoms with E-state index in [0.29, 0.717) is 17.8 Å².